The minimum absolute atomic E-state index is 0.195. The lowest BCUT2D eigenvalue weighted by Gasteiger charge is -2.21. The number of hydrogen-bond acceptors (Lipinski definition) is 5. The molecule has 5 nitrogen and oxygen atoms in total. The number of amides is 1. The molecule has 0 atom stereocenters. The van der Waals surface area contributed by atoms with Gasteiger partial charge in [0.05, 0.1) is 5.69 Å². The number of carbonyl (C=O) groups is 1. The van der Waals surface area contributed by atoms with E-state index in [9.17, 15) is 4.79 Å². The Morgan fingerprint density at radius 3 is 2.38 bits per heavy atom. The fourth-order valence-electron chi connectivity index (χ4n) is 2.57. The van der Waals surface area contributed by atoms with Crippen molar-refractivity contribution in [3.63, 3.8) is 0 Å². The summed E-state index contributed by atoms with van der Waals surface area (Å²) in [6.45, 7) is 1.01. The molecule has 2 aromatic carbocycles. The monoisotopic (exact) mass is 364 g/mol. The first-order valence-corrected chi connectivity index (χ1v) is 8.99. The molecule has 0 saturated heterocycles. The highest BCUT2D eigenvalue weighted by Gasteiger charge is 2.18. The van der Waals surface area contributed by atoms with E-state index in [4.69, 9.17) is 9.47 Å². The van der Waals surface area contributed by atoms with Crippen molar-refractivity contribution in [2.45, 2.75) is 9.79 Å². The smallest absolute Gasteiger partial charge is 0.255 e. The Bertz CT molecular complexity index is 917. The fourth-order valence-corrected chi connectivity index (χ4v) is 3.50. The third-order valence-electron chi connectivity index (χ3n) is 3.81. The summed E-state index contributed by atoms with van der Waals surface area (Å²) in [7, 11) is 0. The molecule has 4 rings (SSSR count). The van der Waals surface area contributed by atoms with Gasteiger partial charge in [0, 0.05) is 39.9 Å². The van der Waals surface area contributed by atoms with Gasteiger partial charge in [0.1, 0.15) is 13.2 Å². The van der Waals surface area contributed by atoms with Gasteiger partial charge in [-0.3, -0.25) is 9.78 Å². The normalized spacial score (nSPS) is 12.5. The largest absolute Gasteiger partial charge is 0.486 e. The Kier molecular flexibility index (Phi) is 4.75. The first kappa shape index (κ1) is 16.5. The van der Waals surface area contributed by atoms with Crippen LogP contribution >= 0.6 is 11.8 Å². The quantitative estimate of drug-likeness (QED) is 0.750. The van der Waals surface area contributed by atoms with E-state index in [-0.39, 0.29) is 5.91 Å². The standard InChI is InChI=1S/C20H16N2O3S/c23-20(14-6-8-21-9-7-14)22-16-12-17-18(25-11-10-24-17)13-19(16)26-15-4-2-1-3-5-15/h1-9,12-13H,10-11H2,(H,22,23). The van der Waals surface area contributed by atoms with Crippen LogP contribution in [0.1, 0.15) is 10.4 Å². The van der Waals surface area contributed by atoms with Crippen LogP contribution in [0.3, 0.4) is 0 Å². The van der Waals surface area contributed by atoms with Crippen LogP contribution in [-0.2, 0) is 0 Å². The Labute approximate surface area is 155 Å². The van der Waals surface area contributed by atoms with Crippen LogP contribution in [-0.4, -0.2) is 24.1 Å². The highest BCUT2D eigenvalue weighted by Crippen LogP contribution is 2.42. The minimum Gasteiger partial charge on any atom is -0.486 e. The van der Waals surface area contributed by atoms with Gasteiger partial charge in [-0.15, -0.1) is 0 Å². The lowest BCUT2D eigenvalue weighted by atomic mass is 10.2. The maximum Gasteiger partial charge on any atom is 0.255 e. The molecule has 0 fully saturated rings. The van der Waals surface area contributed by atoms with Crippen molar-refractivity contribution in [1.82, 2.24) is 4.98 Å². The highest BCUT2D eigenvalue weighted by molar-refractivity contribution is 7.99. The third-order valence-corrected chi connectivity index (χ3v) is 4.87. The van der Waals surface area contributed by atoms with Crippen LogP contribution in [0.5, 0.6) is 11.5 Å². The minimum atomic E-state index is -0.195. The van der Waals surface area contributed by atoms with Crippen molar-refractivity contribution in [1.29, 1.82) is 0 Å². The molecule has 130 valence electrons. The van der Waals surface area contributed by atoms with Crippen molar-refractivity contribution in [3.8, 4) is 11.5 Å². The van der Waals surface area contributed by atoms with E-state index in [0.717, 1.165) is 9.79 Å². The number of pyridine rings is 1. The zero-order valence-corrected chi connectivity index (χ0v) is 14.7. The molecule has 3 aromatic rings. The molecule has 1 amide bonds. The molecule has 1 aromatic heterocycles. The van der Waals surface area contributed by atoms with Crippen LogP contribution < -0.4 is 14.8 Å². The Hall–Kier alpha value is -2.99. The van der Waals surface area contributed by atoms with Gasteiger partial charge in [0.15, 0.2) is 11.5 Å². The maximum atomic E-state index is 12.6. The zero-order valence-electron chi connectivity index (χ0n) is 13.8. The fraction of sp³-hybridized carbons (Fsp3) is 0.100. The van der Waals surface area contributed by atoms with E-state index in [2.05, 4.69) is 10.3 Å². The number of aromatic nitrogens is 1. The number of benzene rings is 2. The predicted molar refractivity (Wildman–Crippen MR) is 100 cm³/mol. The van der Waals surface area contributed by atoms with Gasteiger partial charge < -0.3 is 14.8 Å². The van der Waals surface area contributed by atoms with Crippen LogP contribution in [0.2, 0.25) is 0 Å². The van der Waals surface area contributed by atoms with Crippen molar-refractivity contribution >= 4 is 23.4 Å². The second-order valence-electron chi connectivity index (χ2n) is 5.60. The van der Waals surface area contributed by atoms with Gasteiger partial charge in [-0.2, -0.15) is 0 Å². The van der Waals surface area contributed by atoms with Gasteiger partial charge in [-0.05, 0) is 24.3 Å². The Morgan fingerprint density at radius 2 is 1.65 bits per heavy atom. The third kappa shape index (κ3) is 3.65. The number of rotatable bonds is 4. The van der Waals surface area contributed by atoms with Gasteiger partial charge in [-0.25, -0.2) is 0 Å². The molecule has 1 aliphatic heterocycles. The molecule has 26 heavy (non-hydrogen) atoms. The van der Waals surface area contributed by atoms with E-state index in [0.29, 0.717) is 36.0 Å². The average Bonchev–Trinajstić information content (AvgIpc) is 2.70. The summed E-state index contributed by atoms with van der Waals surface area (Å²) in [5, 5.41) is 2.97. The lowest BCUT2D eigenvalue weighted by molar-refractivity contribution is 0.102. The summed E-state index contributed by atoms with van der Waals surface area (Å²) in [5.41, 5.74) is 1.23. The van der Waals surface area contributed by atoms with Crippen molar-refractivity contribution < 1.29 is 14.3 Å². The topological polar surface area (TPSA) is 60.5 Å². The summed E-state index contributed by atoms with van der Waals surface area (Å²) in [5.74, 6) is 1.13. The molecule has 0 saturated carbocycles. The van der Waals surface area contributed by atoms with E-state index in [1.54, 1.807) is 36.3 Å². The molecule has 0 bridgehead atoms. The number of carbonyl (C=O) groups excluding carboxylic acids is 1. The van der Waals surface area contributed by atoms with Crippen LogP contribution in [0.4, 0.5) is 5.69 Å². The average molecular weight is 364 g/mol. The van der Waals surface area contributed by atoms with Crippen molar-refractivity contribution in [2.75, 3.05) is 18.5 Å². The summed E-state index contributed by atoms with van der Waals surface area (Å²) < 4.78 is 11.3. The van der Waals surface area contributed by atoms with Gasteiger partial charge in [0.2, 0.25) is 0 Å². The predicted octanol–water partition coefficient (Wildman–Crippen LogP) is 4.26. The van der Waals surface area contributed by atoms with E-state index < -0.39 is 0 Å². The molecule has 2 heterocycles. The first-order valence-electron chi connectivity index (χ1n) is 8.17. The molecular weight excluding hydrogens is 348 g/mol. The van der Waals surface area contributed by atoms with Gasteiger partial charge in [0.25, 0.3) is 5.91 Å². The van der Waals surface area contributed by atoms with Gasteiger partial charge >= 0.3 is 0 Å². The molecule has 0 unspecified atom stereocenters. The van der Waals surface area contributed by atoms with Crippen molar-refractivity contribution in [3.05, 3.63) is 72.6 Å². The SMILES string of the molecule is O=C(Nc1cc2c(cc1Sc1ccccc1)OCCO2)c1ccncc1. The van der Waals surface area contributed by atoms with Crippen LogP contribution in [0.15, 0.2) is 76.8 Å². The first-order chi connectivity index (χ1) is 12.8. The molecular formula is C20H16N2O3S. The van der Waals surface area contributed by atoms with E-state index in [1.807, 2.05) is 42.5 Å². The number of anilines is 1. The second-order valence-corrected chi connectivity index (χ2v) is 6.71. The number of nitrogens with zero attached hydrogens (tertiary/aromatic N) is 1. The second kappa shape index (κ2) is 7.49. The van der Waals surface area contributed by atoms with Gasteiger partial charge in [-0.1, -0.05) is 30.0 Å². The molecule has 0 spiro atoms. The molecule has 0 radical (unpaired) electrons. The summed E-state index contributed by atoms with van der Waals surface area (Å²) >= 11 is 1.56. The molecule has 1 aliphatic rings. The number of ether oxygens (including phenoxy) is 2. The molecule has 6 heteroatoms. The van der Waals surface area contributed by atoms with Crippen LogP contribution in [0, 0.1) is 0 Å². The Balaban J connectivity index is 1.68. The number of fused-ring (bicyclic) bond motifs is 1. The van der Waals surface area contributed by atoms with E-state index in [1.165, 1.54) is 0 Å². The van der Waals surface area contributed by atoms with E-state index >= 15 is 0 Å². The maximum absolute atomic E-state index is 12.6. The lowest BCUT2D eigenvalue weighted by Crippen LogP contribution is -2.17. The van der Waals surface area contributed by atoms with Crippen LogP contribution in [0.25, 0.3) is 0 Å². The highest BCUT2D eigenvalue weighted by atomic mass is 32.2. The molecule has 0 aliphatic carbocycles. The summed E-state index contributed by atoms with van der Waals surface area (Å²) in [6, 6.07) is 17.1. The van der Waals surface area contributed by atoms with Crippen molar-refractivity contribution in [2.24, 2.45) is 0 Å². The molecule has 1 N–H and O–H groups in total. The number of nitrogens with one attached hydrogen (secondary N) is 1. The Morgan fingerprint density at radius 1 is 0.962 bits per heavy atom. The number of hydrogen-bond donors (Lipinski definition) is 1. The zero-order chi connectivity index (χ0) is 17.8. The summed E-state index contributed by atoms with van der Waals surface area (Å²) in [4.78, 5) is 18.5. The summed E-state index contributed by atoms with van der Waals surface area (Å²) in [6.07, 6.45) is 3.19.